The first-order chi connectivity index (χ1) is 12.5. The Labute approximate surface area is 159 Å². The molecule has 3 aromatic carbocycles. The zero-order valence-electron chi connectivity index (χ0n) is 14.2. The Bertz CT molecular complexity index is 1180. The van der Waals surface area contributed by atoms with Gasteiger partial charge in [-0.3, -0.25) is 4.79 Å². The van der Waals surface area contributed by atoms with Gasteiger partial charge < -0.3 is 15.4 Å². The second-order valence-corrected chi connectivity index (χ2v) is 7.27. The number of aryl methyl sites for hydroxylation is 1. The molecule has 4 rings (SSSR count). The highest BCUT2D eigenvalue weighted by Crippen LogP contribution is 2.38. The third-order valence-electron chi connectivity index (χ3n) is 4.67. The van der Waals surface area contributed by atoms with Crippen LogP contribution in [0.15, 0.2) is 59.1 Å². The molecular weight excluding hydrogens is 392 g/mol. The lowest BCUT2D eigenvalue weighted by atomic mass is 10.0. The van der Waals surface area contributed by atoms with Crippen LogP contribution < -0.4 is 5.73 Å². The molecule has 0 saturated carbocycles. The largest absolute Gasteiger partial charge is 0.507 e. The summed E-state index contributed by atoms with van der Waals surface area (Å²) in [4.78, 5) is 12.0. The number of primary amides is 1. The Morgan fingerprint density at radius 3 is 2.58 bits per heavy atom. The van der Waals surface area contributed by atoms with E-state index >= 15 is 0 Å². The molecule has 1 aromatic heterocycles. The van der Waals surface area contributed by atoms with E-state index in [1.165, 1.54) is 0 Å². The van der Waals surface area contributed by atoms with Gasteiger partial charge in [-0.1, -0.05) is 40.2 Å². The molecule has 0 bridgehead atoms. The predicted molar refractivity (Wildman–Crippen MR) is 108 cm³/mol. The quantitative estimate of drug-likeness (QED) is 0.514. The van der Waals surface area contributed by atoms with Crippen LogP contribution in [0.5, 0.6) is 5.75 Å². The van der Waals surface area contributed by atoms with Crippen molar-refractivity contribution in [2.75, 3.05) is 0 Å². The van der Waals surface area contributed by atoms with Crippen molar-refractivity contribution < 1.29 is 9.90 Å². The minimum Gasteiger partial charge on any atom is -0.507 e. The predicted octanol–water partition coefficient (Wildman–Crippen LogP) is 4.72. The number of rotatable bonds is 3. The molecule has 0 aliphatic rings. The summed E-state index contributed by atoms with van der Waals surface area (Å²) in [5.74, 6) is -0.347. The van der Waals surface area contributed by atoms with Gasteiger partial charge in [0.15, 0.2) is 0 Å². The Kier molecular flexibility index (Phi) is 3.96. The zero-order chi connectivity index (χ0) is 18.4. The normalized spacial score (nSPS) is 11.3. The zero-order valence-corrected chi connectivity index (χ0v) is 15.7. The van der Waals surface area contributed by atoms with Crippen molar-refractivity contribution in [3.05, 3.63) is 75.8 Å². The van der Waals surface area contributed by atoms with E-state index in [1.807, 2.05) is 43.3 Å². The van der Waals surface area contributed by atoms with E-state index < -0.39 is 5.91 Å². The molecule has 3 N–H and O–H groups in total. The van der Waals surface area contributed by atoms with E-state index in [4.69, 9.17) is 5.73 Å². The Morgan fingerprint density at radius 2 is 1.85 bits per heavy atom. The number of halogens is 1. The molecular formula is C21H17BrN2O2. The van der Waals surface area contributed by atoms with Crippen molar-refractivity contribution in [2.45, 2.75) is 13.5 Å². The smallest absolute Gasteiger partial charge is 0.249 e. The number of phenols is 1. The highest BCUT2D eigenvalue weighted by atomic mass is 79.9. The highest BCUT2D eigenvalue weighted by Gasteiger charge is 2.19. The summed E-state index contributed by atoms with van der Waals surface area (Å²) in [6.07, 6.45) is 0. The maximum atomic E-state index is 12.0. The van der Waals surface area contributed by atoms with Crippen molar-refractivity contribution in [3.63, 3.8) is 0 Å². The number of hydrogen-bond acceptors (Lipinski definition) is 2. The summed E-state index contributed by atoms with van der Waals surface area (Å²) >= 11 is 3.60. The van der Waals surface area contributed by atoms with Crippen LogP contribution in [0.2, 0.25) is 0 Å². The molecule has 1 heterocycles. The fourth-order valence-corrected chi connectivity index (χ4v) is 3.96. The van der Waals surface area contributed by atoms with Gasteiger partial charge >= 0.3 is 0 Å². The van der Waals surface area contributed by atoms with Gasteiger partial charge in [0.05, 0.1) is 16.4 Å². The first-order valence-electron chi connectivity index (χ1n) is 8.25. The summed E-state index contributed by atoms with van der Waals surface area (Å²) in [6, 6.07) is 17.2. The average Bonchev–Trinajstić information content (AvgIpc) is 2.90. The number of carbonyl (C=O) groups is 1. The van der Waals surface area contributed by atoms with Crippen LogP contribution >= 0.6 is 15.9 Å². The molecule has 0 spiro atoms. The number of carbonyl (C=O) groups excluding carboxylic acids is 1. The highest BCUT2D eigenvalue weighted by molar-refractivity contribution is 9.10. The lowest BCUT2D eigenvalue weighted by molar-refractivity contribution is 0.100. The maximum Gasteiger partial charge on any atom is 0.249 e. The van der Waals surface area contributed by atoms with Gasteiger partial charge in [0.1, 0.15) is 5.75 Å². The minimum atomic E-state index is -0.504. The molecule has 26 heavy (non-hydrogen) atoms. The van der Waals surface area contributed by atoms with Crippen LogP contribution in [0.1, 0.15) is 21.5 Å². The average molecular weight is 409 g/mol. The molecule has 4 aromatic rings. The molecule has 0 aliphatic carbocycles. The molecule has 4 nitrogen and oxygen atoms in total. The first-order valence-corrected chi connectivity index (χ1v) is 9.04. The summed E-state index contributed by atoms with van der Waals surface area (Å²) in [7, 11) is 0. The lowest BCUT2D eigenvalue weighted by Gasteiger charge is -2.10. The number of benzene rings is 3. The van der Waals surface area contributed by atoms with Crippen LogP contribution in [0, 0.1) is 6.92 Å². The van der Waals surface area contributed by atoms with E-state index in [0.717, 1.165) is 26.6 Å². The number of amides is 1. The molecule has 130 valence electrons. The molecule has 0 atom stereocenters. The number of fused-ring (bicyclic) bond motifs is 3. The lowest BCUT2D eigenvalue weighted by Crippen LogP contribution is -2.11. The van der Waals surface area contributed by atoms with Gasteiger partial charge in [0.25, 0.3) is 0 Å². The molecule has 0 radical (unpaired) electrons. The third-order valence-corrected chi connectivity index (χ3v) is 5.44. The summed E-state index contributed by atoms with van der Waals surface area (Å²) in [6.45, 7) is 2.54. The van der Waals surface area contributed by atoms with Crippen LogP contribution in [0.4, 0.5) is 0 Å². The van der Waals surface area contributed by atoms with Gasteiger partial charge in [-0.05, 0) is 48.4 Å². The molecule has 0 fully saturated rings. The molecule has 0 saturated heterocycles. The van der Waals surface area contributed by atoms with E-state index in [9.17, 15) is 9.90 Å². The Morgan fingerprint density at radius 1 is 1.08 bits per heavy atom. The number of hydrogen-bond donors (Lipinski definition) is 2. The van der Waals surface area contributed by atoms with Crippen molar-refractivity contribution >= 4 is 43.6 Å². The standard InChI is InChI=1S/C21H17BrN2O2/c1-12-9-17-20(18(25)10-12)19-14(21(23)26)6-4-8-16(19)24(17)11-13-5-2-3-7-15(13)22/h2-10,25H,11H2,1H3,(H2,23,26). The number of phenolic OH excluding ortho intramolecular Hbond substituents is 1. The van der Waals surface area contributed by atoms with Crippen molar-refractivity contribution in [1.82, 2.24) is 4.57 Å². The summed E-state index contributed by atoms with van der Waals surface area (Å²) < 4.78 is 3.13. The van der Waals surface area contributed by atoms with Gasteiger partial charge in [-0.25, -0.2) is 0 Å². The van der Waals surface area contributed by atoms with Crippen molar-refractivity contribution in [1.29, 1.82) is 0 Å². The van der Waals surface area contributed by atoms with Crippen LogP contribution in [-0.4, -0.2) is 15.6 Å². The van der Waals surface area contributed by atoms with Crippen molar-refractivity contribution in [2.24, 2.45) is 5.73 Å². The van der Waals surface area contributed by atoms with Gasteiger partial charge in [-0.15, -0.1) is 0 Å². The van der Waals surface area contributed by atoms with E-state index in [0.29, 0.717) is 22.9 Å². The number of aromatic nitrogens is 1. The third kappa shape index (κ3) is 2.56. The summed E-state index contributed by atoms with van der Waals surface area (Å²) in [5.41, 5.74) is 9.82. The van der Waals surface area contributed by atoms with Crippen LogP contribution in [0.25, 0.3) is 21.8 Å². The second kappa shape index (κ2) is 6.18. The fraction of sp³-hybridized carbons (Fsp3) is 0.0952. The van der Waals surface area contributed by atoms with Crippen LogP contribution in [-0.2, 0) is 6.54 Å². The topological polar surface area (TPSA) is 68.2 Å². The SMILES string of the molecule is Cc1cc(O)c2c3c(C(N)=O)cccc3n(Cc3ccccc3Br)c2c1. The Hall–Kier alpha value is -2.79. The maximum absolute atomic E-state index is 12.0. The minimum absolute atomic E-state index is 0.157. The molecule has 5 heteroatoms. The fourth-order valence-electron chi connectivity index (χ4n) is 3.55. The number of aromatic hydroxyl groups is 1. The molecule has 0 aliphatic heterocycles. The van der Waals surface area contributed by atoms with Gasteiger partial charge in [0, 0.05) is 22.0 Å². The van der Waals surface area contributed by atoms with Crippen LogP contribution in [0.3, 0.4) is 0 Å². The molecule has 1 amide bonds. The number of nitrogens with two attached hydrogens (primary N) is 1. The van der Waals surface area contributed by atoms with E-state index in [2.05, 4.69) is 26.6 Å². The van der Waals surface area contributed by atoms with E-state index in [1.54, 1.807) is 12.1 Å². The van der Waals surface area contributed by atoms with Gasteiger partial charge in [0.2, 0.25) is 5.91 Å². The monoisotopic (exact) mass is 408 g/mol. The summed E-state index contributed by atoms with van der Waals surface area (Å²) in [5, 5.41) is 12.0. The van der Waals surface area contributed by atoms with Crippen molar-refractivity contribution in [3.8, 4) is 5.75 Å². The first kappa shape index (κ1) is 16.7. The van der Waals surface area contributed by atoms with Gasteiger partial charge in [-0.2, -0.15) is 0 Å². The van der Waals surface area contributed by atoms with E-state index in [-0.39, 0.29) is 5.75 Å². The number of nitrogens with zero attached hydrogens (tertiary/aromatic N) is 1. The molecule has 0 unspecified atom stereocenters. The Balaban J connectivity index is 2.13. The second-order valence-electron chi connectivity index (χ2n) is 6.42.